The Balaban J connectivity index is 1.77. The average Bonchev–Trinajstić information content (AvgIpc) is 3.24. The summed E-state index contributed by atoms with van der Waals surface area (Å²) >= 11 is 0. The molecule has 0 aliphatic carbocycles. The summed E-state index contributed by atoms with van der Waals surface area (Å²) in [5.41, 5.74) is -0.0348. The Kier molecular flexibility index (Phi) is 5.01. The maximum Gasteiger partial charge on any atom is 0.336 e. The number of methoxy groups -OCH3 is 1. The Labute approximate surface area is 167 Å². The molecule has 1 aliphatic heterocycles. The molecule has 0 unspecified atom stereocenters. The minimum atomic E-state index is -3.65. The summed E-state index contributed by atoms with van der Waals surface area (Å²) in [6, 6.07) is 8.93. The molecule has 29 heavy (non-hydrogen) atoms. The van der Waals surface area contributed by atoms with Gasteiger partial charge in [0.15, 0.2) is 0 Å². The number of hydrogen-bond acceptors (Lipinski definition) is 6. The number of nitrogens with zero attached hydrogens (tertiary/aromatic N) is 2. The highest BCUT2D eigenvalue weighted by atomic mass is 32.2. The fraction of sp³-hybridized carbons (Fsp3) is 0.300. The molecule has 1 aromatic carbocycles. The Morgan fingerprint density at radius 2 is 1.83 bits per heavy atom. The first-order chi connectivity index (χ1) is 13.9. The number of aromatic nitrogens is 1. The smallest absolute Gasteiger partial charge is 0.336 e. The van der Waals surface area contributed by atoms with Crippen LogP contribution in [0.1, 0.15) is 18.4 Å². The van der Waals surface area contributed by atoms with E-state index >= 15 is 0 Å². The largest absolute Gasteiger partial charge is 0.497 e. The van der Waals surface area contributed by atoms with E-state index in [4.69, 9.17) is 9.15 Å². The van der Waals surface area contributed by atoms with Gasteiger partial charge in [-0.25, -0.2) is 13.2 Å². The van der Waals surface area contributed by atoms with Crippen molar-refractivity contribution < 1.29 is 17.6 Å². The normalized spacial score (nSPS) is 15.1. The van der Waals surface area contributed by atoms with Crippen LogP contribution < -0.4 is 15.9 Å². The minimum absolute atomic E-state index is 0.0383. The zero-order valence-corrected chi connectivity index (χ0v) is 16.6. The molecule has 0 spiro atoms. The van der Waals surface area contributed by atoms with Crippen LogP contribution in [0.5, 0.6) is 5.75 Å². The van der Waals surface area contributed by atoms with Crippen LogP contribution in [0.3, 0.4) is 0 Å². The van der Waals surface area contributed by atoms with Gasteiger partial charge in [-0.3, -0.25) is 4.79 Å². The molecule has 0 radical (unpaired) electrons. The van der Waals surface area contributed by atoms with E-state index in [0.717, 1.165) is 12.8 Å². The maximum atomic E-state index is 12.8. The van der Waals surface area contributed by atoms with Gasteiger partial charge in [0.2, 0.25) is 10.0 Å². The molecule has 4 rings (SSSR count). The predicted molar refractivity (Wildman–Crippen MR) is 107 cm³/mol. The average molecular weight is 416 g/mol. The van der Waals surface area contributed by atoms with Crippen molar-refractivity contribution in [3.63, 3.8) is 0 Å². The predicted octanol–water partition coefficient (Wildman–Crippen LogP) is 1.80. The van der Waals surface area contributed by atoms with Gasteiger partial charge in [-0.15, -0.1) is 0 Å². The maximum absolute atomic E-state index is 12.8. The molecule has 0 bridgehead atoms. The topological polar surface area (TPSA) is 98.8 Å². The molecule has 1 fully saturated rings. The van der Waals surface area contributed by atoms with Crippen molar-refractivity contribution >= 4 is 21.0 Å². The molecule has 0 saturated carbocycles. The summed E-state index contributed by atoms with van der Waals surface area (Å²) < 4.78 is 38.7. The molecule has 152 valence electrons. The number of pyridine rings is 1. The number of fused-ring (bicyclic) bond motifs is 1. The quantitative estimate of drug-likeness (QED) is 0.588. The summed E-state index contributed by atoms with van der Waals surface area (Å²) in [7, 11) is -2.14. The molecule has 0 amide bonds. The van der Waals surface area contributed by atoms with Crippen LogP contribution in [-0.4, -0.2) is 37.5 Å². The first-order valence-electron chi connectivity index (χ1n) is 9.20. The van der Waals surface area contributed by atoms with Gasteiger partial charge in [0.25, 0.3) is 5.56 Å². The van der Waals surface area contributed by atoms with E-state index in [1.807, 2.05) is 0 Å². The third-order valence-corrected chi connectivity index (χ3v) is 6.92. The van der Waals surface area contributed by atoms with Gasteiger partial charge in [-0.1, -0.05) is 0 Å². The van der Waals surface area contributed by atoms with Crippen LogP contribution in [-0.2, 0) is 16.6 Å². The standard InChI is InChI=1S/C20H20N2O6S/c1-27-15-4-6-17-14(10-20(24)28-18(17)11-15)12-21-13-16(5-7-19(21)23)29(25,26)22-8-2-3-9-22/h4-7,10-11,13H,2-3,8-9,12H2,1H3. The number of benzene rings is 1. The van der Waals surface area contributed by atoms with Gasteiger partial charge < -0.3 is 13.7 Å². The van der Waals surface area contributed by atoms with E-state index in [2.05, 4.69) is 0 Å². The molecule has 0 atom stereocenters. The second-order valence-electron chi connectivity index (χ2n) is 6.89. The number of hydrogen-bond donors (Lipinski definition) is 0. The fourth-order valence-corrected chi connectivity index (χ4v) is 5.05. The highest BCUT2D eigenvalue weighted by Gasteiger charge is 2.27. The molecule has 3 aromatic rings. The first-order valence-corrected chi connectivity index (χ1v) is 10.6. The lowest BCUT2D eigenvalue weighted by molar-refractivity contribution is 0.414. The van der Waals surface area contributed by atoms with Crippen LogP contribution >= 0.6 is 0 Å². The van der Waals surface area contributed by atoms with Crippen molar-refractivity contribution in [1.82, 2.24) is 8.87 Å². The van der Waals surface area contributed by atoms with Crippen molar-refractivity contribution in [2.24, 2.45) is 0 Å². The lowest BCUT2D eigenvalue weighted by Crippen LogP contribution is -2.29. The summed E-state index contributed by atoms with van der Waals surface area (Å²) in [4.78, 5) is 24.4. The Bertz CT molecular complexity index is 1290. The van der Waals surface area contributed by atoms with Gasteiger partial charge >= 0.3 is 5.63 Å². The van der Waals surface area contributed by atoms with Gasteiger partial charge in [-0.05, 0) is 36.6 Å². The third-order valence-electron chi connectivity index (χ3n) is 5.04. The Morgan fingerprint density at radius 1 is 1.07 bits per heavy atom. The first kappa shape index (κ1) is 19.4. The summed E-state index contributed by atoms with van der Waals surface area (Å²) in [5.74, 6) is 0.536. The second kappa shape index (κ2) is 7.49. The number of sulfonamides is 1. The zero-order valence-electron chi connectivity index (χ0n) is 15.8. The summed E-state index contributed by atoms with van der Waals surface area (Å²) in [6.45, 7) is 0.998. The van der Waals surface area contributed by atoms with Crippen molar-refractivity contribution in [3.05, 3.63) is 68.9 Å². The highest BCUT2D eigenvalue weighted by molar-refractivity contribution is 7.89. The summed E-state index contributed by atoms with van der Waals surface area (Å²) in [5, 5.41) is 0.644. The SMILES string of the molecule is COc1ccc2c(Cn3cc(S(=O)(=O)N4CCCC4)ccc3=O)cc(=O)oc2c1. The lowest BCUT2D eigenvalue weighted by atomic mass is 10.1. The van der Waals surface area contributed by atoms with Gasteiger partial charge in [0.1, 0.15) is 11.3 Å². The molecular weight excluding hydrogens is 396 g/mol. The third kappa shape index (κ3) is 3.70. The molecule has 8 nitrogen and oxygen atoms in total. The van der Waals surface area contributed by atoms with E-state index in [0.29, 0.717) is 35.4 Å². The van der Waals surface area contributed by atoms with Crippen LogP contribution in [0.4, 0.5) is 0 Å². The molecule has 1 aliphatic rings. The van der Waals surface area contributed by atoms with Crippen LogP contribution in [0.2, 0.25) is 0 Å². The van der Waals surface area contributed by atoms with Crippen LogP contribution in [0.25, 0.3) is 11.0 Å². The molecule has 1 saturated heterocycles. The lowest BCUT2D eigenvalue weighted by Gasteiger charge is -2.16. The van der Waals surface area contributed by atoms with Crippen molar-refractivity contribution in [3.8, 4) is 5.75 Å². The zero-order chi connectivity index (χ0) is 20.6. The van der Waals surface area contributed by atoms with E-state index < -0.39 is 15.6 Å². The van der Waals surface area contributed by atoms with Gasteiger partial charge in [0.05, 0.1) is 18.6 Å². The van der Waals surface area contributed by atoms with E-state index in [1.165, 1.54) is 40.4 Å². The monoisotopic (exact) mass is 416 g/mol. The van der Waals surface area contributed by atoms with Crippen molar-refractivity contribution in [2.75, 3.05) is 20.2 Å². The summed E-state index contributed by atoms with van der Waals surface area (Å²) in [6.07, 6.45) is 2.99. The Morgan fingerprint density at radius 3 is 2.55 bits per heavy atom. The van der Waals surface area contributed by atoms with Gasteiger partial charge in [0, 0.05) is 42.9 Å². The van der Waals surface area contributed by atoms with Crippen LogP contribution in [0.15, 0.2) is 61.5 Å². The van der Waals surface area contributed by atoms with Crippen molar-refractivity contribution in [1.29, 1.82) is 0 Å². The minimum Gasteiger partial charge on any atom is -0.497 e. The number of ether oxygens (including phenoxy) is 1. The van der Waals surface area contributed by atoms with E-state index in [9.17, 15) is 18.0 Å². The van der Waals surface area contributed by atoms with E-state index in [1.54, 1.807) is 18.2 Å². The van der Waals surface area contributed by atoms with Crippen LogP contribution in [0, 0.1) is 0 Å². The molecule has 2 aromatic heterocycles. The van der Waals surface area contributed by atoms with E-state index in [-0.39, 0.29) is 17.0 Å². The molecular formula is C20H20N2O6S. The number of rotatable bonds is 5. The molecule has 0 N–H and O–H groups in total. The van der Waals surface area contributed by atoms with Crippen molar-refractivity contribution in [2.45, 2.75) is 24.3 Å². The molecule has 9 heteroatoms. The fourth-order valence-electron chi connectivity index (χ4n) is 3.51. The Hall–Kier alpha value is -2.91. The highest BCUT2D eigenvalue weighted by Crippen LogP contribution is 2.24. The van der Waals surface area contributed by atoms with Gasteiger partial charge in [-0.2, -0.15) is 4.31 Å². The second-order valence-corrected chi connectivity index (χ2v) is 8.83. The molecule has 3 heterocycles.